The number of hydrogen-bond acceptors (Lipinski definition) is 5. The van der Waals surface area contributed by atoms with Crippen LogP contribution in [0.1, 0.15) is 36.5 Å². The molecule has 0 spiro atoms. The molecule has 2 fully saturated rings. The van der Waals surface area contributed by atoms with E-state index in [1.807, 2.05) is 25.1 Å². The zero-order valence-corrected chi connectivity index (χ0v) is 15.8. The molecule has 2 atom stereocenters. The van der Waals surface area contributed by atoms with Gasteiger partial charge >= 0.3 is 5.97 Å². The summed E-state index contributed by atoms with van der Waals surface area (Å²) in [5, 5.41) is 20.2. The maximum atomic E-state index is 13.3. The Labute approximate surface area is 159 Å². The first-order valence-corrected chi connectivity index (χ1v) is 9.62. The second-order valence-corrected chi connectivity index (χ2v) is 7.36. The molecule has 7 heteroatoms. The largest absolute Gasteiger partial charge is 0.481 e. The number of anilines is 1. The van der Waals surface area contributed by atoms with E-state index >= 15 is 0 Å². The number of piperidine rings is 1. The minimum atomic E-state index is -1.30. The van der Waals surface area contributed by atoms with Crippen molar-refractivity contribution in [3.8, 4) is 0 Å². The van der Waals surface area contributed by atoms with Crippen molar-refractivity contribution < 1.29 is 24.5 Å². The quantitative estimate of drug-likeness (QED) is 0.811. The van der Waals surface area contributed by atoms with E-state index in [1.54, 1.807) is 11.0 Å². The zero-order valence-electron chi connectivity index (χ0n) is 15.8. The number of rotatable bonds is 5. The molecule has 3 rings (SSSR count). The molecule has 2 saturated heterocycles. The normalized spacial score (nSPS) is 26.1. The molecule has 2 aliphatic heterocycles. The van der Waals surface area contributed by atoms with Crippen LogP contribution in [0.5, 0.6) is 0 Å². The Kier molecular flexibility index (Phi) is 6.01. The maximum Gasteiger partial charge on any atom is 0.314 e. The average Bonchev–Trinajstić information content (AvgIpc) is 2.70. The number of amides is 1. The third-order valence-corrected chi connectivity index (χ3v) is 5.68. The fourth-order valence-electron chi connectivity index (χ4n) is 4.17. The van der Waals surface area contributed by atoms with Gasteiger partial charge in [0.05, 0.1) is 24.9 Å². The minimum absolute atomic E-state index is 0.0353. The first-order valence-electron chi connectivity index (χ1n) is 9.62. The fourth-order valence-corrected chi connectivity index (χ4v) is 4.17. The summed E-state index contributed by atoms with van der Waals surface area (Å²) in [5.74, 6) is -1.21. The zero-order chi connectivity index (χ0) is 19.4. The predicted octanol–water partition coefficient (Wildman–Crippen LogP) is 1.60. The number of aliphatic hydroxyl groups excluding tert-OH is 1. The number of carboxylic acids is 1. The number of morpholine rings is 1. The van der Waals surface area contributed by atoms with Gasteiger partial charge in [-0.3, -0.25) is 9.59 Å². The molecule has 1 amide bonds. The Hall–Kier alpha value is -2.12. The smallest absolute Gasteiger partial charge is 0.314 e. The molecule has 1 aromatic rings. The molecule has 0 bridgehead atoms. The van der Waals surface area contributed by atoms with E-state index in [0.29, 0.717) is 38.2 Å². The highest BCUT2D eigenvalue weighted by atomic mass is 16.5. The highest BCUT2D eigenvalue weighted by Gasteiger charge is 2.49. The van der Waals surface area contributed by atoms with Gasteiger partial charge in [-0.05, 0) is 25.0 Å². The van der Waals surface area contributed by atoms with Crippen molar-refractivity contribution in [2.45, 2.75) is 32.3 Å². The SMILES string of the molecule is CCC[C@@]1(C(=O)O)CN(C(=O)c2ccccc2N2CCOCC2)CC[C@H]1O. The topological polar surface area (TPSA) is 90.3 Å². The van der Waals surface area contributed by atoms with Gasteiger partial charge in [-0.1, -0.05) is 25.5 Å². The van der Waals surface area contributed by atoms with E-state index in [9.17, 15) is 19.8 Å². The number of hydrogen-bond donors (Lipinski definition) is 2. The van der Waals surface area contributed by atoms with Crippen molar-refractivity contribution in [3.63, 3.8) is 0 Å². The highest BCUT2D eigenvalue weighted by Crippen LogP contribution is 2.36. The van der Waals surface area contributed by atoms with Gasteiger partial charge in [-0.15, -0.1) is 0 Å². The summed E-state index contributed by atoms with van der Waals surface area (Å²) in [6.45, 7) is 4.97. The number of carbonyl (C=O) groups excluding carboxylic acids is 1. The van der Waals surface area contributed by atoms with Crippen LogP contribution in [-0.2, 0) is 9.53 Å². The van der Waals surface area contributed by atoms with Crippen molar-refractivity contribution in [2.75, 3.05) is 44.3 Å². The van der Waals surface area contributed by atoms with Crippen LogP contribution in [0.2, 0.25) is 0 Å². The molecular formula is C20H28N2O5. The third-order valence-electron chi connectivity index (χ3n) is 5.68. The summed E-state index contributed by atoms with van der Waals surface area (Å²) in [7, 11) is 0. The second-order valence-electron chi connectivity index (χ2n) is 7.36. The van der Waals surface area contributed by atoms with E-state index in [-0.39, 0.29) is 18.9 Å². The van der Waals surface area contributed by atoms with Crippen LogP contribution in [0.4, 0.5) is 5.69 Å². The van der Waals surface area contributed by atoms with Gasteiger partial charge in [0, 0.05) is 31.9 Å². The maximum absolute atomic E-state index is 13.3. The predicted molar refractivity (Wildman–Crippen MR) is 101 cm³/mol. The number of ether oxygens (including phenoxy) is 1. The summed E-state index contributed by atoms with van der Waals surface area (Å²) >= 11 is 0. The van der Waals surface area contributed by atoms with Crippen LogP contribution in [0, 0.1) is 5.41 Å². The standard InChI is InChI=1S/C20H28N2O5/c1-2-8-20(19(25)26)14-22(9-7-17(20)23)18(24)15-5-3-4-6-16(15)21-10-12-27-13-11-21/h3-6,17,23H,2,7-14H2,1H3,(H,25,26)/t17-,20-/m1/s1. The number of benzene rings is 1. The van der Waals surface area contributed by atoms with Crippen LogP contribution >= 0.6 is 0 Å². The summed E-state index contributed by atoms with van der Waals surface area (Å²) in [6.07, 6.45) is 0.319. The first-order chi connectivity index (χ1) is 13.0. The number of carbonyl (C=O) groups is 2. The Morgan fingerprint density at radius 1 is 1.22 bits per heavy atom. The Morgan fingerprint density at radius 2 is 1.93 bits per heavy atom. The van der Waals surface area contributed by atoms with Gasteiger partial charge in [-0.2, -0.15) is 0 Å². The number of likely N-dealkylation sites (tertiary alicyclic amines) is 1. The molecular weight excluding hydrogens is 348 g/mol. The molecule has 1 aromatic carbocycles. The highest BCUT2D eigenvalue weighted by molar-refractivity contribution is 6.00. The molecule has 2 heterocycles. The van der Waals surface area contributed by atoms with Crippen molar-refractivity contribution in [1.29, 1.82) is 0 Å². The molecule has 2 N–H and O–H groups in total. The van der Waals surface area contributed by atoms with Crippen molar-refractivity contribution >= 4 is 17.6 Å². The van der Waals surface area contributed by atoms with E-state index in [1.165, 1.54) is 0 Å². The second kappa shape index (κ2) is 8.27. The van der Waals surface area contributed by atoms with E-state index in [2.05, 4.69) is 4.90 Å². The first kappa shape index (κ1) is 19.6. The Balaban J connectivity index is 1.87. The molecule has 0 saturated carbocycles. The van der Waals surface area contributed by atoms with Gasteiger partial charge in [0.15, 0.2) is 0 Å². The summed E-state index contributed by atoms with van der Waals surface area (Å²) < 4.78 is 5.40. The number of aliphatic carboxylic acids is 1. The lowest BCUT2D eigenvalue weighted by molar-refractivity contribution is -0.162. The average molecular weight is 376 g/mol. The van der Waals surface area contributed by atoms with Gasteiger partial charge in [0.2, 0.25) is 0 Å². The number of nitrogens with zero attached hydrogens (tertiary/aromatic N) is 2. The molecule has 148 valence electrons. The number of para-hydroxylation sites is 1. The van der Waals surface area contributed by atoms with Crippen LogP contribution in [0.15, 0.2) is 24.3 Å². The number of aliphatic hydroxyl groups is 1. The van der Waals surface area contributed by atoms with Crippen LogP contribution in [0.3, 0.4) is 0 Å². The van der Waals surface area contributed by atoms with Crippen LogP contribution in [0.25, 0.3) is 0 Å². The Morgan fingerprint density at radius 3 is 2.59 bits per heavy atom. The molecule has 0 radical (unpaired) electrons. The molecule has 0 aliphatic carbocycles. The van der Waals surface area contributed by atoms with E-state index in [0.717, 1.165) is 18.8 Å². The summed E-state index contributed by atoms with van der Waals surface area (Å²) in [6, 6.07) is 7.45. The summed E-state index contributed by atoms with van der Waals surface area (Å²) in [4.78, 5) is 29.0. The molecule has 2 aliphatic rings. The van der Waals surface area contributed by atoms with E-state index in [4.69, 9.17) is 4.74 Å². The van der Waals surface area contributed by atoms with Gasteiger partial charge in [0.1, 0.15) is 5.41 Å². The van der Waals surface area contributed by atoms with Crippen molar-refractivity contribution in [3.05, 3.63) is 29.8 Å². The number of carboxylic acid groups (broad SMARTS) is 1. The molecule has 27 heavy (non-hydrogen) atoms. The molecule has 0 unspecified atom stereocenters. The van der Waals surface area contributed by atoms with Crippen molar-refractivity contribution in [1.82, 2.24) is 4.90 Å². The third kappa shape index (κ3) is 3.80. The lowest BCUT2D eigenvalue weighted by Crippen LogP contribution is -2.57. The monoisotopic (exact) mass is 376 g/mol. The van der Waals surface area contributed by atoms with Gasteiger partial charge in [0.25, 0.3) is 5.91 Å². The molecule has 7 nitrogen and oxygen atoms in total. The van der Waals surface area contributed by atoms with E-state index < -0.39 is 17.5 Å². The van der Waals surface area contributed by atoms with Crippen LogP contribution in [-0.4, -0.2) is 72.5 Å². The fraction of sp³-hybridized carbons (Fsp3) is 0.600. The summed E-state index contributed by atoms with van der Waals surface area (Å²) in [5.41, 5.74) is 0.135. The van der Waals surface area contributed by atoms with Crippen molar-refractivity contribution in [2.24, 2.45) is 5.41 Å². The Bertz CT molecular complexity index is 689. The van der Waals surface area contributed by atoms with Gasteiger partial charge in [-0.25, -0.2) is 0 Å². The lowest BCUT2D eigenvalue weighted by atomic mass is 9.74. The van der Waals surface area contributed by atoms with Gasteiger partial charge < -0.3 is 24.7 Å². The lowest BCUT2D eigenvalue weighted by Gasteiger charge is -2.43. The van der Waals surface area contributed by atoms with Crippen LogP contribution < -0.4 is 4.90 Å². The molecule has 0 aromatic heterocycles. The minimum Gasteiger partial charge on any atom is -0.481 e.